The SMILES string of the molecule is C=C(CO)CC1C=Cc2ccccc2N1C(=O)Oc1ccccc1. The van der Waals surface area contributed by atoms with Gasteiger partial charge in [0.2, 0.25) is 0 Å². The number of carbonyl (C=O) groups is 1. The van der Waals surface area contributed by atoms with Crippen LogP contribution in [0.1, 0.15) is 12.0 Å². The van der Waals surface area contributed by atoms with Crippen molar-refractivity contribution in [1.29, 1.82) is 0 Å². The first kappa shape index (κ1) is 16.0. The fourth-order valence-electron chi connectivity index (χ4n) is 2.72. The Morgan fingerprint density at radius 2 is 1.83 bits per heavy atom. The molecule has 1 heterocycles. The molecule has 1 unspecified atom stereocenters. The molecule has 0 fully saturated rings. The second kappa shape index (κ2) is 7.15. The zero-order valence-corrected chi connectivity index (χ0v) is 13.3. The Hall–Kier alpha value is -2.85. The second-order valence-corrected chi connectivity index (χ2v) is 5.65. The van der Waals surface area contributed by atoms with Gasteiger partial charge in [-0.25, -0.2) is 4.79 Å². The highest BCUT2D eigenvalue weighted by molar-refractivity contribution is 5.94. The van der Waals surface area contributed by atoms with E-state index in [9.17, 15) is 9.90 Å². The quantitative estimate of drug-likeness (QED) is 0.865. The third kappa shape index (κ3) is 3.39. The van der Waals surface area contributed by atoms with Crippen LogP contribution in [0.15, 0.2) is 72.8 Å². The lowest BCUT2D eigenvalue weighted by atomic mass is 9.99. The fraction of sp³-hybridized carbons (Fsp3) is 0.150. The zero-order chi connectivity index (χ0) is 16.9. The first-order chi connectivity index (χ1) is 11.7. The molecule has 1 aliphatic rings. The average Bonchev–Trinajstić information content (AvgIpc) is 2.62. The number of amides is 1. The Kier molecular flexibility index (Phi) is 4.77. The number of ether oxygens (including phenoxy) is 1. The van der Waals surface area contributed by atoms with Crippen LogP contribution in [0.3, 0.4) is 0 Å². The molecular formula is C20H19NO3. The molecular weight excluding hydrogens is 302 g/mol. The predicted molar refractivity (Wildman–Crippen MR) is 95.1 cm³/mol. The first-order valence-electron chi connectivity index (χ1n) is 7.80. The van der Waals surface area contributed by atoms with Gasteiger partial charge in [0, 0.05) is 0 Å². The number of para-hydroxylation sites is 2. The summed E-state index contributed by atoms with van der Waals surface area (Å²) >= 11 is 0. The van der Waals surface area contributed by atoms with E-state index in [2.05, 4.69) is 6.58 Å². The summed E-state index contributed by atoms with van der Waals surface area (Å²) in [5.41, 5.74) is 2.41. The molecule has 0 saturated carbocycles. The number of aliphatic hydroxyl groups is 1. The van der Waals surface area contributed by atoms with Gasteiger partial charge in [-0.05, 0) is 35.8 Å². The van der Waals surface area contributed by atoms with Crippen LogP contribution in [0.4, 0.5) is 10.5 Å². The molecule has 0 aliphatic carbocycles. The number of carbonyl (C=O) groups excluding carboxylic acids is 1. The van der Waals surface area contributed by atoms with E-state index in [0.29, 0.717) is 17.7 Å². The van der Waals surface area contributed by atoms with E-state index in [1.165, 1.54) is 0 Å². The lowest BCUT2D eigenvalue weighted by Gasteiger charge is -2.33. The third-order valence-corrected chi connectivity index (χ3v) is 3.89. The maximum Gasteiger partial charge on any atom is 0.420 e. The van der Waals surface area contributed by atoms with Crippen LogP contribution < -0.4 is 9.64 Å². The molecule has 3 rings (SSSR count). The fourth-order valence-corrected chi connectivity index (χ4v) is 2.72. The Balaban J connectivity index is 1.91. The van der Waals surface area contributed by atoms with E-state index in [0.717, 1.165) is 11.3 Å². The van der Waals surface area contributed by atoms with E-state index in [-0.39, 0.29) is 12.6 Å². The van der Waals surface area contributed by atoms with Crippen LogP contribution in [0.25, 0.3) is 6.08 Å². The number of benzene rings is 2. The summed E-state index contributed by atoms with van der Waals surface area (Å²) < 4.78 is 5.52. The van der Waals surface area contributed by atoms with Crippen molar-refractivity contribution in [3.8, 4) is 5.75 Å². The second-order valence-electron chi connectivity index (χ2n) is 5.65. The van der Waals surface area contributed by atoms with Crippen molar-refractivity contribution in [3.63, 3.8) is 0 Å². The van der Waals surface area contributed by atoms with Crippen LogP contribution in [0, 0.1) is 0 Å². The van der Waals surface area contributed by atoms with Crippen LogP contribution in [0.2, 0.25) is 0 Å². The van der Waals surface area contributed by atoms with Crippen molar-refractivity contribution in [3.05, 3.63) is 78.4 Å². The predicted octanol–water partition coefficient (Wildman–Crippen LogP) is 4.03. The van der Waals surface area contributed by atoms with Crippen molar-refractivity contribution in [2.75, 3.05) is 11.5 Å². The monoisotopic (exact) mass is 321 g/mol. The maximum absolute atomic E-state index is 12.8. The molecule has 1 aliphatic heterocycles. The minimum atomic E-state index is -0.450. The molecule has 122 valence electrons. The van der Waals surface area contributed by atoms with Crippen LogP contribution in [0.5, 0.6) is 5.75 Å². The van der Waals surface area contributed by atoms with E-state index in [1.807, 2.05) is 54.6 Å². The highest BCUT2D eigenvalue weighted by atomic mass is 16.6. The number of rotatable bonds is 4. The Morgan fingerprint density at radius 3 is 2.58 bits per heavy atom. The van der Waals surface area contributed by atoms with Crippen molar-refractivity contribution < 1.29 is 14.6 Å². The molecule has 0 spiro atoms. The molecule has 2 aromatic carbocycles. The normalized spacial score (nSPS) is 15.7. The summed E-state index contributed by atoms with van der Waals surface area (Å²) in [7, 11) is 0. The smallest absolute Gasteiger partial charge is 0.410 e. The number of hydrogen-bond acceptors (Lipinski definition) is 3. The number of fused-ring (bicyclic) bond motifs is 1. The summed E-state index contributed by atoms with van der Waals surface area (Å²) in [6.45, 7) is 3.73. The topological polar surface area (TPSA) is 49.8 Å². The lowest BCUT2D eigenvalue weighted by molar-refractivity contribution is 0.205. The number of hydrogen-bond donors (Lipinski definition) is 1. The zero-order valence-electron chi connectivity index (χ0n) is 13.3. The Bertz CT molecular complexity index is 767. The van der Waals surface area contributed by atoms with E-state index in [4.69, 9.17) is 4.74 Å². The lowest BCUT2D eigenvalue weighted by Crippen LogP contribution is -2.43. The molecule has 0 radical (unpaired) electrons. The van der Waals surface area contributed by atoms with Crippen LogP contribution in [-0.4, -0.2) is 23.8 Å². The van der Waals surface area contributed by atoms with Gasteiger partial charge in [0.05, 0.1) is 18.3 Å². The van der Waals surface area contributed by atoms with Gasteiger partial charge in [0.25, 0.3) is 0 Å². The van der Waals surface area contributed by atoms with E-state index < -0.39 is 6.09 Å². The average molecular weight is 321 g/mol. The summed E-state index contributed by atoms with van der Waals surface area (Å²) in [5.74, 6) is 0.495. The van der Waals surface area contributed by atoms with Gasteiger partial charge >= 0.3 is 6.09 Å². The van der Waals surface area contributed by atoms with E-state index in [1.54, 1.807) is 17.0 Å². The van der Waals surface area contributed by atoms with Crippen LogP contribution >= 0.6 is 0 Å². The van der Waals surface area contributed by atoms with Gasteiger partial charge in [-0.1, -0.05) is 55.1 Å². The highest BCUT2D eigenvalue weighted by Gasteiger charge is 2.29. The largest absolute Gasteiger partial charge is 0.420 e. The van der Waals surface area contributed by atoms with Gasteiger partial charge < -0.3 is 9.84 Å². The minimum absolute atomic E-state index is 0.104. The molecule has 1 N–H and O–H groups in total. The number of nitrogens with zero attached hydrogens (tertiary/aromatic N) is 1. The van der Waals surface area contributed by atoms with Crippen molar-refractivity contribution >= 4 is 17.9 Å². The summed E-state index contributed by atoms with van der Waals surface area (Å²) in [6.07, 6.45) is 3.95. The van der Waals surface area contributed by atoms with Gasteiger partial charge in [0.1, 0.15) is 5.75 Å². The van der Waals surface area contributed by atoms with Gasteiger partial charge in [0.15, 0.2) is 0 Å². The van der Waals surface area contributed by atoms with E-state index >= 15 is 0 Å². The van der Waals surface area contributed by atoms with Crippen molar-refractivity contribution in [2.45, 2.75) is 12.5 Å². The molecule has 24 heavy (non-hydrogen) atoms. The minimum Gasteiger partial charge on any atom is -0.410 e. The molecule has 0 aromatic heterocycles. The van der Waals surface area contributed by atoms with Crippen LogP contribution in [-0.2, 0) is 0 Å². The highest BCUT2D eigenvalue weighted by Crippen LogP contribution is 2.32. The summed E-state index contributed by atoms with van der Waals surface area (Å²) in [4.78, 5) is 14.4. The standard InChI is InChI=1S/C20H19NO3/c1-15(14-22)13-17-12-11-16-7-5-6-10-19(16)21(17)20(23)24-18-8-3-2-4-9-18/h2-12,17,22H,1,13-14H2. The third-order valence-electron chi connectivity index (χ3n) is 3.89. The summed E-state index contributed by atoms with van der Waals surface area (Å²) in [6, 6.07) is 16.4. The molecule has 4 nitrogen and oxygen atoms in total. The molecule has 1 atom stereocenters. The molecule has 2 aromatic rings. The van der Waals surface area contributed by atoms with Crippen molar-refractivity contribution in [1.82, 2.24) is 0 Å². The molecule has 0 saturated heterocycles. The molecule has 4 heteroatoms. The van der Waals surface area contributed by atoms with Gasteiger partial charge in [-0.3, -0.25) is 4.90 Å². The Labute approximate surface area is 141 Å². The number of anilines is 1. The Morgan fingerprint density at radius 1 is 1.12 bits per heavy atom. The first-order valence-corrected chi connectivity index (χ1v) is 7.80. The molecule has 0 bridgehead atoms. The van der Waals surface area contributed by atoms with Crippen molar-refractivity contribution in [2.24, 2.45) is 0 Å². The van der Waals surface area contributed by atoms with Gasteiger partial charge in [-0.2, -0.15) is 0 Å². The number of aliphatic hydroxyl groups excluding tert-OH is 1. The maximum atomic E-state index is 12.8. The van der Waals surface area contributed by atoms with Gasteiger partial charge in [-0.15, -0.1) is 0 Å². The summed E-state index contributed by atoms with van der Waals surface area (Å²) in [5, 5.41) is 9.26. The molecule has 1 amide bonds.